The maximum Gasteiger partial charge on any atom is 0.433 e. The van der Waals surface area contributed by atoms with E-state index < -0.39 is 76.0 Å². The average molecular weight is 713 g/mol. The molecular weight excluding hydrogens is 676 g/mol. The van der Waals surface area contributed by atoms with Crippen molar-refractivity contribution < 1.29 is 53.9 Å². The predicted octanol–water partition coefficient (Wildman–Crippen LogP) is 2.95. The molecule has 3 aromatic rings. The molecule has 0 heterocycles. The number of nitrogens with zero attached hydrogens (tertiary/aromatic N) is 2. The van der Waals surface area contributed by atoms with E-state index in [-0.39, 0.29) is 48.4 Å². The number of hydrogen-bond donors (Lipinski definition) is 6. The summed E-state index contributed by atoms with van der Waals surface area (Å²) in [5.74, 6) is -8.21. The predicted molar refractivity (Wildman–Crippen MR) is 183 cm³/mol. The number of anilines is 1. The van der Waals surface area contributed by atoms with Crippen molar-refractivity contribution in [3.8, 4) is 5.75 Å². The highest BCUT2D eigenvalue weighted by Crippen LogP contribution is 2.53. The van der Waals surface area contributed by atoms with Gasteiger partial charge in [-0.15, -0.1) is 0 Å². The first-order chi connectivity index (χ1) is 24.7. The number of nitrogens with two attached hydrogens (primary N) is 1. The van der Waals surface area contributed by atoms with Crippen LogP contribution >= 0.6 is 0 Å². The van der Waals surface area contributed by atoms with Crippen LogP contribution in [-0.4, -0.2) is 80.7 Å². The van der Waals surface area contributed by atoms with Gasteiger partial charge in [-0.25, -0.2) is 15.0 Å². The third-order valence-corrected chi connectivity index (χ3v) is 9.62. The molecule has 3 aromatic carbocycles. The molecule has 3 amide bonds. The second-order valence-corrected chi connectivity index (χ2v) is 13.0. The van der Waals surface area contributed by atoms with Crippen LogP contribution in [0.3, 0.4) is 0 Å². The zero-order valence-corrected chi connectivity index (χ0v) is 28.1. The molecule has 7 N–H and O–H groups in total. The molecule has 15 heteroatoms. The number of carbonyl (C=O) groups excluding carboxylic acids is 5. The smallest absolute Gasteiger partial charge is 0.433 e. The molecule has 0 radical (unpaired) electrons. The fourth-order valence-electron chi connectivity index (χ4n) is 7.27. The first-order valence-corrected chi connectivity index (χ1v) is 16.2. The molecule has 0 saturated heterocycles. The van der Waals surface area contributed by atoms with Crippen molar-refractivity contribution in [1.29, 1.82) is 0 Å². The van der Waals surface area contributed by atoms with Gasteiger partial charge in [0.1, 0.15) is 36.1 Å². The molecule has 0 aliphatic heterocycles. The highest BCUT2D eigenvalue weighted by molar-refractivity contribution is 6.24. The van der Waals surface area contributed by atoms with Crippen LogP contribution in [0.4, 0.5) is 15.3 Å². The maximum absolute atomic E-state index is 14.2. The Morgan fingerprint density at radius 1 is 0.904 bits per heavy atom. The quantitative estimate of drug-likeness (QED) is 0.153. The first kappa shape index (κ1) is 35.6. The van der Waals surface area contributed by atoms with Crippen LogP contribution in [0.2, 0.25) is 0 Å². The number of phenolic OH excluding ortho intramolecular Hbond substituents is 1. The van der Waals surface area contributed by atoms with E-state index in [4.69, 9.17) is 15.2 Å². The van der Waals surface area contributed by atoms with Gasteiger partial charge in [0, 0.05) is 11.5 Å². The highest BCUT2D eigenvalue weighted by atomic mass is 16.6. The van der Waals surface area contributed by atoms with Gasteiger partial charge in [0.15, 0.2) is 11.4 Å². The number of rotatable bonds is 7. The number of phenols is 1. The Hall–Kier alpha value is -6.19. The third kappa shape index (κ3) is 6.09. The SMILES string of the molecule is CN(C)[C@@H]1C(=O)C(C(N)=O)=C(O)[C@@]2(O)C(=O)C3=C(O)c4c(O)ccc(N(NC(=O)OCc5ccccc5)C(=O)OCc5ccccc5)c4C[C@H]3C[C@@H]12. The number of ketones is 2. The third-order valence-electron chi connectivity index (χ3n) is 9.62. The highest BCUT2D eigenvalue weighted by Gasteiger charge is 2.64. The number of hydrogen-bond acceptors (Lipinski definition) is 12. The molecule has 15 nitrogen and oxygen atoms in total. The van der Waals surface area contributed by atoms with Crippen molar-refractivity contribution in [2.24, 2.45) is 17.6 Å². The summed E-state index contributed by atoms with van der Waals surface area (Å²) < 4.78 is 10.9. The summed E-state index contributed by atoms with van der Waals surface area (Å²) in [6.07, 6.45) is -2.46. The molecule has 1 saturated carbocycles. The van der Waals surface area contributed by atoms with Crippen LogP contribution in [-0.2, 0) is 43.5 Å². The molecule has 0 aromatic heterocycles. The zero-order valence-electron chi connectivity index (χ0n) is 28.1. The van der Waals surface area contributed by atoms with Crippen molar-refractivity contribution in [3.63, 3.8) is 0 Å². The lowest BCUT2D eigenvalue weighted by Crippen LogP contribution is -2.65. The van der Waals surface area contributed by atoms with Crippen LogP contribution in [0.1, 0.15) is 28.7 Å². The number of nitrogens with one attached hydrogen (secondary N) is 1. The minimum absolute atomic E-state index is 0.0518. The number of fused-ring (bicyclic) bond motifs is 3. The Kier molecular flexibility index (Phi) is 9.49. The second-order valence-electron chi connectivity index (χ2n) is 13.0. The number of hydrazine groups is 1. The molecular formula is C37H36N4O11. The Balaban J connectivity index is 1.42. The van der Waals surface area contributed by atoms with Crippen LogP contribution in [0, 0.1) is 11.8 Å². The molecule has 4 atom stereocenters. The lowest BCUT2D eigenvalue weighted by atomic mass is 9.57. The van der Waals surface area contributed by atoms with Crippen molar-refractivity contribution in [2.75, 3.05) is 19.1 Å². The summed E-state index contributed by atoms with van der Waals surface area (Å²) in [4.78, 5) is 68.1. The fourth-order valence-corrected chi connectivity index (χ4v) is 7.27. The molecule has 0 bridgehead atoms. The summed E-state index contributed by atoms with van der Waals surface area (Å²) in [7, 11) is 2.98. The van der Waals surface area contributed by atoms with Gasteiger partial charge in [-0.2, -0.15) is 5.01 Å². The summed E-state index contributed by atoms with van der Waals surface area (Å²) in [6, 6.07) is 18.7. The van der Waals surface area contributed by atoms with Crippen molar-refractivity contribution in [2.45, 2.75) is 37.7 Å². The summed E-state index contributed by atoms with van der Waals surface area (Å²) in [6.45, 7) is -0.326. The number of aliphatic hydroxyl groups excluding tert-OH is 2. The number of Topliss-reactive ketones (excluding diaryl/α,β-unsaturated/α-hetero) is 2. The number of primary amides is 1. The van der Waals surface area contributed by atoms with Gasteiger partial charge in [-0.1, -0.05) is 60.7 Å². The lowest BCUT2D eigenvalue weighted by molar-refractivity contribution is -0.153. The number of likely N-dealkylation sites (N-methyl/N-ethyl adjacent to an activating group) is 1. The van der Waals surface area contributed by atoms with E-state index in [2.05, 4.69) is 5.43 Å². The topological polar surface area (TPSA) is 229 Å². The number of aliphatic hydroxyl groups is 3. The van der Waals surface area contributed by atoms with Gasteiger partial charge in [-0.3, -0.25) is 19.3 Å². The van der Waals surface area contributed by atoms with Crippen molar-refractivity contribution in [3.05, 3.63) is 112 Å². The molecule has 3 aliphatic rings. The second kappa shape index (κ2) is 13.8. The molecule has 270 valence electrons. The first-order valence-electron chi connectivity index (χ1n) is 16.2. The van der Waals surface area contributed by atoms with E-state index in [1.165, 1.54) is 25.1 Å². The summed E-state index contributed by atoms with van der Waals surface area (Å²) in [5.41, 5.74) is 4.70. The zero-order chi connectivity index (χ0) is 37.5. The Morgan fingerprint density at radius 2 is 1.50 bits per heavy atom. The molecule has 0 unspecified atom stereocenters. The van der Waals surface area contributed by atoms with E-state index in [0.29, 0.717) is 11.1 Å². The number of ether oxygens (including phenoxy) is 2. The van der Waals surface area contributed by atoms with Gasteiger partial charge >= 0.3 is 12.2 Å². The van der Waals surface area contributed by atoms with Crippen molar-refractivity contribution in [1.82, 2.24) is 10.3 Å². The molecule has 6 rings (SSSR count). The minimum Gasteiger partial charge on any atom is -0.508 e. The van der Waals surface area contributed by atoms with E-state index in [1.54, 1.807) is 60.7 Å². The number of amides is 3. The van der Waals surface area contributed by atoms with E-state index >= 15 is 0 Å². The minimum atomic E-state index is -2.82. The molecule has 52 heavy (non-hydrogen) atoms. The average Bonchev–Trinajstić information content (AvgIpc) is 3.11. The van der Waals surface area contributed by atoms with Gasteiger partial charge in [0.25, 0.3) is 5.91 Å². The number of benzene rings is 3. The Bertz CT molecular complexity index is 2030. The standard InChI is InChI=1S/C37H36N4O11/c1-40(2)29-23-16-21-15-22-24(13-14-25(42)27(22)30(43)26(21)32(45)37(23,50)33(46)28(31(29)44)34(38)47)41(36(49)52-18-20-11-7-4-8-12-20)39-35(48)51-17-19-9-5-3-6-10-19/h3-14,21,23,29,42-43,46,50H,15-18H2,1-2H3,(H2,38,47)(H,39,48)/t21-,23-,29-,37-/m0/s1. The van der Waals surface area contributed by atoms with Gasteiger partial charge < -0.3 is 35.6 Å². The van der Waals surface area contributed by atoms with Crippen LogP contribution in [0.15, 0.2) is 89.7 Å². The maximum atomic E-state index is 14.2. The number of aromatic hydroxyl groups is 1. The Morgan fingerprint density at radius 3 is 2.08 bits per heavy atom. The summed E-state index contributed by atoms with van der Waals surface area (Å²) in [5, 5.41) is 46.4. The van der Waals surface area contributed by atoms with Crippen LogP contribution in [0.25, 0.3) is 5.76 Å². The lowest BCUT2D eigenvalue weighted by Gasteiger charge is -2.50. The van der Waals surface area contributed by atoms with Gasteiger partial charge in [-0.05, 0) is 61.7 Å². The van der Waals surface area contributed by atoms with E-state index in [1.807, 2.05) is 0 Å². The normalized spacial score (nSPS) is 22.3. The monoisotopic (exact) mass is 712 g/mol. The van der Waals surface area contributed by atoms with E-state index in [9.17, 15) is 44.4 Å². The largest absolute Gasteiger partial charge is 0.508 e. The molecule has 0 spiro atoms. The molecule has 1 fully saturated rings. The van der Waals surface area contributed by atoms with Crippen molar-refractivity contribution >= 4 is 41.1 Å². The van der Waals surface area contributed by atoms with Gasteiger partial charge in [0.2, 0.25) is 5.78 Å². The number of carbonyl (C=O) groups is 5. The Labute approximate surface area is 297 Å². The van der Waals surface area contributed by atoms with E-state index in [0.717, 1.165) is 11.1 Å². The fraction of sp³-hybridized carbons (Fsp3) is 0.270. The summed E-state index contributed by atoms with van der Waals surface area (Å²) >= 11 is 0. The van der Waals surface area contributed by atoms with Gasteiger partial charge in [0.05, 0.1) is 17.3 Å². The van der Waals surface area contributed by atoms with Crippen LogP contribution in [0.5, 0.6) is 5.75 Å². The van der Waals surface area contributed by atoms with Crippen LogP contribution < -0.4 is 16.2 Å². The molecule has 3 aliphatic carbocycles.